The number of anilines is 1. The molecule has 1 aliphatic rings. The fourth-order valence-corrected chi connectivity index (χ4v) is 2.82. The number of ether oxygens (including phenoxy) is 1. The van der Waals surface area contributed by atoms with E-state index in [-0.39, 0.29) is 12.0 Å². The van der Waals surface area contributed by atoms with Gasteiger partial charge in [-0.15, -0.1) is 0 Å². The van der Waals surface area contributed by atoms with Crippen LogP contribution in [0.4, 0.5) is 10.1 Å². The summed E-state index contributed by atoms with van der Waals surface area (Å²) in [4.78, 5) is 18.8. The maximum absolute atomic E-state index is 13.4. The summed E-state index contributed by atoms with van der Waals surface area (Å²) in [5.74, 6) is -0.603. The molecule has 1 aliphatic heterocycles. The van der Waals surface area contributed by atoms with Crippen LogP contribution in [0.5, 0.6) is 0 Å². The van der Waals surface area contributed by atoms with Crippen molar-refractivity contribution in [2.24, 2.45) is 0 Å². The Bertz CT molecular complexity index is 751. The molecular formula is C18H20FN3O2. The van der Waals surface area contributed by atoms with E-state index in [4.69, 9.17) is 4.74 Å². The summed E-state index contributed by atoms with van der Waals surface area (Å²) in [6, 6.07) is 9.63. The van der Waals surface area contributed by atoms with Crippen LogP contribution in [-0.2, 0) is 4.74 Å². The van der Waals surface area contributed by atoms with E-state index in [1.54, 1.807) is 17.0 Å². The maximum atomic E-state index is 13.4. The largest absolute Gasteiger partial charge is 0.388 e. The van der Waals surface area contributed by atoms with E-state index in [1.807, 2.05) is 26.1 Å². The zero-order valence-electron chi connectivity index (χ0n) is 13.8. The molecular weight excluding hydrogens is 309 g/mol. The Morgan fingerprint density at radius 1 is 1.38 bits per heavy atom. The number of benzene rings is 1. The number of halogens is 1. The number of carbonyl (C=O) groups is 1. The molecule has 2 aromatic rings. The number of nitrogens with one attached hydrogen (secondary N) is 1. The van der Waals surface area contributed by atoms with Crippen LogP contribution in [0.2, 0.25) is 0 Å². The molecule has 0 bridgehead atoms. The molecule has 1 aromatic carbocycles. The van der Waals surface area contributed by atoms with Gasteiger partial charge in [-0.3, -0.25) is 9.78 Å². The highest BCUT2D eigenvalue weighted by atomic mass is 19.1. The zero-order chi connectivity index (χ0) is 17.1. The van der Waals surface area contributed by atoms with E-state index in [2.05, 4.69) is 10.3 Å². The Morgan fingerprint density at radius 3 is 2.96 bits per heavy atom. The molecule has 0 radical (unpaired) electrons. The molecule has 126 valence electrons. The Kier molecular flexibility index (Phi) is 4.76. The van der Waals surface area contributed by atoms with Crippen molar-refractivity contribution < 1.29 is 13.9 Å². The lowest BCUT2D eigenvalue weighted by molar-refractivity contribution is -0.0247. The number of aryl methyl sites for hydroxylation is 1. The van der Waals surface area contributed by atoms with Gasteiger partial charge < -0.3 is 15.0 Å². The van der Waals surface area contributed by atoms with Gasteiger partial charge in [0.25, 0.3) is 5.91 Å². The lowest BCUT2D eigenvalue weighted by Gasteiger charge is -2.33. The van der Waals surface area contributed by atoms with Gasteiger partial charge in [0.15, 0.2) is 0 Å². The first-order chi connectivity index (χ1) is 11.6. The second kappa shape index (κ2) is 6.97. The van der Waals surface area contributed by atoms with Crippen molar-refractivity contribution in [3.63, 3.8) is 0 Å². The number of hydrogen-bond acceptors (Lipinski definition) is 4. The number of hydrogen-bond donors (Lipinski definition) is 1. The minimum Gasteiger partial charge on any atom is -0.388 e. The lowest BCUT2D eigenvalue weighted by Crippen LogP contribution is -2.42. The average molecular weight is 329 g/mol. The van der Waals surface area contributed by atoms with Gasteiger partial charge in [-0.25, -0.2) is 4.39 Å². The molecule has 1 unspecified atom stereocenters. The number of aromatic nitrogens is 1. The maximum Gasteiger partial charge on any atom is 0.254 e. The summed E-state index contributed by atoms with van der Waals surface area (Å²) in [5.41, 5.74) is 2.98. The lowest BCUT2D eigenvalue weighted by atomic mass is 10.1. The molecule has 5 nitrogen and oxygen atoms in total. The fourth-order valence-electron chi connectivity index (χ4n) is 2.82. The topological polar surface area (TPSA) is 54.5 Å². The third kappa shape index (κ3) is 3.54. The third-order valence-electron chi connectivity index (χ3n) is 4.02. The first-order valence-corrected chi connectivity index (χ1v) is 7.89. The molecule has 0 aliphatic carbocycles. The van der Waals surface area contributed by atoms with E-state index >= 15 is 0 Å². The normalized spacial score (nSPS) is 17.6. The number of nitrogens with zero attached hydrogens (tertiary/aromatic N) is 2. The van der Waals surface area contributed by atoms with Crippen molar-refractivity contribution in [2.75, 3.05) is 32.1 Å². The Morgan fingerprint density at radius 2 is 2.21 bits per heavy atom. The van der Waals surface area contributed by atoms with Gasteiger partial charge in [-0.05, 0) is 37.3 Å². The van der Waals surface area contributed by atoms with Crippen molar-refractivity contribution in [2.45, 2.75) is 13.0 Å². The van der Waals surface area contributed by atoms with Crippen molar-refractivity contribution in [3.8, 4) is 0 Å². The average Bonchev–Trinajstić information content (AvgIpc) is 2.60. The number of pyridine rings is 1. The second-order valence-corrected chi connectivity index (χ2v) is 5.79. The molecule has 1 N–H and O–H groups in total. The molecule has 1 fully saturated rings. The van der Waals surface area contributed by atoms with Gasteiger partial charge in [-0.2, -0.15) is 0 Å². The Balaban J connectivity index is 1.79. The SMILES string of the molecule is CNc1cc(C)nc(C2CN(C(=O)c3cccc(F)c3)CCO2)c1. The molecule has 1 aromatic heterocycles. The molecule has 3 rings (SSSR count). The minimum absolute atomic E-state index is 0.190. The quantitative estimate of drug-likeness (QED) is 0.941. The summed E-state index contributed by atoms with van der Waals surface area (Å²) >= 11 is 0. The van der Waals surface area contributed by atoms with Gasteiger partial charge in [0, 0.05) is 30.5 Å². The minimum atomic E-state index is -0.412. The Labute approximate surface area is 140 Å². The van der Waals surface area contributed by atoms with Gasteiger partial charge in [0.1, 0.15) is 11.9 Å². The van der Waals surface area contributed by atoms with Crippen LogP contribution in [0.25, 0.3) is 0 Å². The molecule has 0 spiro atoms. The summed E-state index contributed by atoms with van der Waals surface area (Å²) in [5, 5.41) is 3.10. The predicted molar refractivity (Wildman–Crippen MR) is 89.5 cm³/mol. The van der Waals surface area contributed by atoms with Crippen LogP contribution in [0.15, 0.2) is 36.4 Å². The van der Waals surface area contributed by atoms with Crippen molar-refractivity contribution in [1.82, 2.24) is 9.88 Å². The molecule has 1 atom stereocenters. The molecule has 24 heavy (non-hydrogen) atoms. The fraction of sp³-hybridized carbons (Fsp3) is 0.333. The smallest absolute Gasteiger partial charge is 0.254 e. The molecule has 0 saturated carbocycles. The highest BCUT2D eigenvalue weighted by Gasteiger charge is 2.27. The monoisotopic (exact) mass is 329 g/mol. The van der Waals surface area contributed by atoms with Gasteiger partial charge in [-0.1, -0.05) is 6.07 Å². The number of rotatable bonds is 3. The summed E-state index contributed by atoms with van der Waals surface area (Å²) in [6.07, 6.45) is -0.289. The van der Waals surface area contributed by atoms with Crippen molar-refractivity contribution in [3.05, 3.63) is 59.2 Å². The van der Waals surface area contributed by atoms with Crippen LogP contribution in [0.3, 0.4) is 0 Å². The van der Waals surface area contributed by atoms with Gasteiger partial charge in [0.2, 0.25) is 0 Å². The number of morpholine rings is 1. The third-order valence-corrected chi connectivity index (χ3v) is 4.02. The molecule has 1 saturated heterocycles. The van der Waals surface area contributed by atoms with E-state index in [9.17, 15) is 9.18 Å². The van der Waals surface area contributed by atoms with Crippen molar-refractivity contribution >= 4 is 11.6 Å². The van der Waals surface area contributed by atoms with E-state index in [1.165, 1.54) is 12.1 Å². The molecule has 6 heteroatoms. The van der Waals surface area contributed by atoms with Crippen LogP contribution < -0.4 is 5.32 Å². The van der Waals surface area contributed by atoms with Gasteiger partial charge >= 0.3 is 0 Å². The summed E-state index contributed by atoms with van der Waals surface area (Å²) in [6.45, 7) is 3.23. The zero-order valence-corrected chi connectivity index (χ0v) is 13.8. The van der Waals surface area contributed by atoms with Crippen LogP contribution in [0, 0.1) is 12.7 Å². The highest BCUT2D eigenvalue weighted by Crippen LogP contribution is 2.24. The van der Waals surface area contributed by atoms with Crippen LogP contribution in [0.1, 0.15) is 27.8 Å². The van der Waals surface area contributed by atoms with E-state index < -0.39 is 5.82 Å². The standard InChI is InChI=1S/C18H20FN3O2/c1-12-8-15(20-2)10-16(21-12)17-11-22(6-7-24-17)18(23)13-4-3-5-14(19)9-13/h3-5,8-10,17H,6-7,11H2,1-2H3,(H,20,21). The predicted octanol–water partition coefficient (Wildman–Crippen LogP) is 2.78. The summed E-state index contributed by atoms with van der Waals surface area (Å²) in [7, 11) is 1.85. The highest BCUT2D eigenvalue weighted by molar-refractivity contribution is 5.94. The van der Waals surface area contributed by atoms with E-state index in [0.717, 1.165) is 17.1 Å². The number of carbonyl (C=O) groups excluding carboxylic acids is 1. The van der Waals surface area contributed by atoms with Crippen LogP contribution in [-0.4, -0.2) is 42.5 Å². The first-order valence-electron chi connectivity index (χ1n) is 7.89. The number of amides is 1. The second-order valence-electron chi connectivity index (χ2n) is 5.79. The first kappa shape index (κ1) is 16.4. The summed E-state index contributed by atoms with van der Waals surface area (Å²) < 4.78 is 19.2. The van der Waals surface area contributed by atoms with Gasteiger partial charge in [0.05, 0.1) is 18.8 Å². The molecule has 1 amide bonds. The molecule has 2 heterocycles. The van der Waals surface area contributed by atoms with Crippen LogP contribution >= 0.6 is 0 Å². The van der Waals surface area contributed by atoms with E-state index in [0.29, 0.717) is 25.3 Å². The van der Waals surface area contributed by atoms with Crippen molar-refractivity contribution in [1.29, 1.82) is 0 Å². The Hall–Kier alpha value is -2.47.